The van der Waals surface area contributed by atoms with E-state index < -0.39 is 10.0 Å². The van der Waals surface area contributed by atoms with Crippen molar-refractivity contribution in [1.29, 1.82) is 0 Å². The van der Waals surface area contributed by atoms with Gasteiger partial charge >= 0.3 is 0 Å². The Kier molecular flexibility index (Phi) is 6.42. The number of anilines is 3. The van der Waals surface area contributed by atoms with Gasteiger partial charge in [0.25, 0.3) is 15.9 Å². The van der Waals surface area contributed by atoms with Crippen LogP contribution in [0.2, 0.25) is 0 Å². The molecule has 3 aromatic rings. The lowest BCUT2D eigenvalue weighted by Gasteiger charge is -2.26. The molecule has 2 N–H and O–H groups in total. The summed E-state index contributed by atoms with van der Waals surface area (Å²) in [5.74, 6) is -0.358. The molecule has 1 aliphatic heterocycles. The maximum atomic E-state index is 13.3. The molecule has 4 rings (SSSR count). The molecule has 3 aromatic carbocycles. The highest BCUT2D eigenvalue weighted by molar-refractivity contribution is 7.92. The van der Waals surface area contributed by atoms with Crippen LogP contribution in [0.4, 0.5) is 17.1 Å². The summed E-state index contributed by atoms with van der Waals surface area (Å²) >= 11 is 0. The number of amides is 1. The first-order chi connectivity index (χ1) is 15.8. The van der Waals surface area contributed by atoms with E-state index >= 15 is 0 Å². The number of nitrogens with one attached hydrogen (secondary N) is 2. The standard InChI is InChI=1S/C26H29N3O3S/c1-18-17-19(2)25(29-15-9-10-16-29)20(3)24(18)27-26(30)22-13-7-8-14-23(22)28-33(31,32)21-11-5-4-6-12-21/h4-8,11-14,17,28H,9-10,15-16H2,1-3H3,(H,27,30). The van der Waals surface area contributed by atoms with E-state index in [0.717, 1.165) is 29.9 Å². The van der Waals surface area contributed by atoms with Crippen molar-refractivity contribution in [3.8, 4) is 0 Å². The molecule has 172 valence electrons. The maximum Gasteiger partial charge on any atom is 0.261 e. The van der Waals surface area contributed by atoms with Crippen LogP contribution in [0.3, 0.4) is 0 Å². The molecule has 0 unspecified atom stereocenters. The van der Waals surface area contributed by atoms with Gasteiger partial charge in [-0.3, -0.25) is 9.52 Å². The first-order valence-electron chi connectivity index (χ1n) is 11.1. The third kappa shape index (κ3) is 4.73. The summed E-state index contributed by atoms with van der Waals surface area (Å²) in [7, 11) is -3.82. The highest BCUT2D eigenvalue weighted by atomic mass is 32.2. The van der Waals surface area contributed by atoms with Gasteiger partial charge in [-0.15, -0.1) is 0 Å². The maximum absolute atomic E-state index is 13.3. The third-order valence-corrected chi connectivity index (χ3v) is 7.44. The van der Waals surface area contributed by atoms with Crippen LogP contribution in [0.15, 0.2) is 65.6 Å². The van der Waals surface area contributed by atoms with Gasteiger partial charge < -0.3 is 10.2 Å². The zero-order chi connectivity index (χ0) is 23.6. The summed E-state index contributed by atoms with van der Waals surface area (Å²) in [6, 6.07) is 16.9. The number of rotatable bonds is 6. The predicted molar refractivity (Wildman–Crippen MR) is 134 cm³/mol. The molecule has 7 heteroatoms. The van der Waals surface area contributed by atoms with Gasteiger partial charge in [-0.25, -0.2) is 8.42 Å². The van der Waals surface area contributed by atoms with Gasteiger partial charge in [-0.1, -0.05) is 36.4 Å². The van der Waals surface area contributed by atoms with Gasteiger partial charge in [0.2, 0.25) is 0 Å². The van der Waals surface area contributed by atoms with Crippen molar-refractivity contribution in [1.82, 2.24) is 0 Å². The number of hydrogen-bond donors (Lipinski definition) is 2. The minimum atomic E-state index is -3.82. The van der Waals surface area contributed by atoms with E-state index in [1.165, 1.54) is 36.2 Å². The number of benzene rings is 3. The molecule has 33 heavy (non-hydrogen) atoms. The average Bonchev–Trinajstić information content (AvgIpc) is 3.31. The topological polar surface area (TPSA) is 78.5 Å². The van der Waals surface area contributed by atoms with Crippen LogP contribution in [-0.4, -0.2) is 27.4 Å². The van der Waals surface area contributed by atoms with E-state index in [-0.39, 0.29) is 22.1 Å². The van der Waals surface area contributed by atoms with Crippen LogP contribution in [0.25, 0.3) is 0 Å². The van der Waals surface area contributed by atoms with E-state index in [0.29, 0.717) is 0 Å². The Labute approximate surface area is 195 Å². The smallest absolute Gasteiger partial charge is 0.261 e. The Morgan fingerprint density at radius 3 is 2.21 bits per heavy atom. The van der Waals surface area contributed by atoms with Crippen molar-refractivity contribution in [3.05, 3.63) is 82.9 Å². The van der Waals surface area contributed by atoms with Crippen LogP contribution >= 0.6 is 0 Å². The fourth-order valence-electron chi connectivity index (χ4n) is 4.55. The predicted octanol–water partition coefficient (Wildman–Crippen LogP) is 5.27. The fraction of sp³-hybridized carbons (Fsp3) is 0.269. The highest BCUT2D eigenvalue weighted by Gasteiger charge is 2.22. The van der Waals surface area contributed by atoms with Crippen LogP contribution in [0.1, 0.15) is 39.9 Å². The second-order valence-electron chi connectivity index (χ2n) is 8.47. The molecule has 1 fully saturated rings. The Hall–Kier alpha value is -3.32. The molecule has 0 bridgehead atoms. The lowest BCUT2D eigenvalue weighted by molar-refractivity contribution is 0.102. The number of nitrogens with zero attached hydrogens (tertiary/aromatic N) is 1. The molecular weight excluding hydrogens is 434 g/mol. The number of sulfonamides is 1. The zero-order valence-electron chi connectivity index (χ0n) is 19.2. The van der Waals surface area contributed by atoms with Crippen molar-refractivity contribution < 1.29 is 13.2 Å². The quantitative estimate of drug-likeness (QED) is 0.522. The van der Waals surface area contributed by atoms with Crippen molar-refractivity contribution in [2.24, 2.45) is 0 Å². The summed E-state index contributed by atoms with van der Waals surface area (Å²) in [6.07, 6.45) is 2.34. The molecule has 1 aliphatic rings. The summed E-state index contributed by atoms with van der Waals surface area (Å²) in [5, 5.41) is 3.05. The van der Waals surface area contributed by atoms with Gasteiger partial charge in [0.15, 0.2) is 0 Å². The first kappa shape index (κ1) is 22.9. The molecular formula is C26H29N3O3S. The molecule has 6 nitrogen and oxygen atoms in total. The van der Waals surface area contributed by atoms with E-state index in [4.69, 9.17) is 0 Å². The highest BCUT2D eigenvalue weighted by Crippen LogP contribution is 2.36. The van der Waals surface area contributed by atoms with Gasteiger partial charge in [-0.05, 0) is 74.6 Å². The van der Waals surface area contributed by atoms with E-state index in [2.05, 4.69) is 27.9 Å². The SMILES string of the molecule is Cc1cc(C)c(N2CCCC2)c(C)c1NC(=O)c1ccccc1NS(=O)(=O)c1ccccc1. The monoisotopic (exact) mass is 463 g/mol. The lowest BCUT2D eigenvalue weighted by Crippen LogP contribution is -2.22. The zero-order valence-corrected chi connectivity index (χ0v) is 20.0. The van der Waals surface area contributed by atoms with Crippen molar-refractivity contribution in [2.45, 2.75) is 38.5 Å². The van der Waals surface area contributed by atoms with Crippen LogP contribution in [-0.2, 0) is 10.0 Å². The fourth-order valence-corrected chi connectivity index (χ4v) is 5.65. The van der Waals surface area contributed by atoms with E-state index in [1.54, 1.807) is 42.5 Å². The van der Waals surface area contributed by atoms with Crippen LogP contribution in [0.5, 0.6) is 0 Å². The van der Waals surface area contributed by atoms with Crippen molar-refractivity contribution in [2.75, 3.05) is 28.0 Å². The first-order valence-corrected chi connectivity index (χ1v) is 12.6. The van der Waals surface area contributed by atoms with E-state index in [9.17, 15) is 13.2 Å². The number of hydrogen-bond acceptors (Lipinski definition) is 4. The Morgan fingerprint density at radius 2 is 1.52 bits per heavy atom. The number of para-hydroxylation sites is 1. The number of carbonyl (C=O) groups excluding carboxylic acids is 1. The largest absolute Gasteiger partial charge is 0.371 e. The average molecular weight is 464 g/mol. The second kappa shape index (κ2) is 9.27. The van der Waals surface area contributed by atoms with Gasteiger partial charge in [0, 0.05) is 24.5 Å². The van der Waals surface area contributed by atoms with Gasteiger partial charge in [0.05, 0.1) is 16.1 Å². The molecule has 1 amide bonds. The molecule has 0 radical (unpaired) electrons. The summed E-state index contributed by atoms with van der Waals surface area (Å²) in [5.41, 5.74) is 5.65. The molecule has 0 spiro atoms. The molecule has 0 aromatic heterocycles. The minimum Gasteiger partial charge on any atom is -0.371 e. The molecule has 0 aliphatic carbocycles. The lowest BCUT2D eigenvalue weighted by atomic mass is 10.0. The molecule has 0 saturated carbocycles. The minimum absolute atomic E-state index is 0.140. The van der Waals surface area contributed by atoms with Crippen LogP contribution in [0, 0.1) is 20.8 Å². The number of carbonyl (C=O) groups is 1. The third-order valence-electron chi connectivity index (χ3n) is 6.06. The normalized spacial score (nSPS) is 13.7. The van der Waals surface area contributed by atoms with E-state index in [1.807, 2.05) is 13.8 Å². The van der Waals surface area contributed by atoms with Crippen LogP contribution < -0.4 is 14.9 Å². The number of aryl methyl sites for hydroxylation is 2. The van der Waals surface area contributed by atoms with Gasteiger partial charge in [-0.2, -0.15) is 0 Å². The Balaban J connectivity index is 1.65. The molecule has 1 heterocycles. The second-order valence-corrected chi connectivity index (χ2v) is 10.2. The summed E-state index contributed by atoms with van der Waals surface area (Å²) in [4.78, 5) is 15.8. The summed E-state index contributed by atoms with van der Waals surface area (Å²) in [6.45, 7) is 8.15. The van der Waals surface area contributed by atoms with Crippen molar-refractivity contribution >= 4 is 33.0 Å². The molecule has 0 atom stereocenters. The van der Waals surface area contributed by atoms with Gasteiger partial charge in [0.1, 0.15) is 0 Å². The summed E-state index contributed by atoms with van der Waals surface area (Å²) < 4.78 is 28.2. The van der Waals surface area contributed by atoms with Crippen molar-refractivity contribution in [3.63, 3.8) is 0 Å². The molecule has 1 saturated heterocycles. The Morgan fingerprint density at radius 1 is 0.879 bits per heavy atom. The Bertz CT molecular complexity index is 1280.